The van der Waals surface area contributed by atoms with E-state index in [9.17, 15) is 23.1 Å². The van der Waals surface area contributed by atoms with Gasteiger partial charge in [0.05, 0.1) is 11.4 Å². The summed E-state index contributed by atoms with van der Waals surface area (Å²) in [4.78, 5) is 28.1. The Morgan fingerprint density at radius 1 is 0.971 bits per heavy atom. The molecule has 0 fully saturated rings. The fourth-order valence-corrected chi connectivity index (χ4v) is 4.65. The molecule has 1 aromatic heterocycles. The highest BCUT2D eigenvalue weighted by Crippen LogP contribution is 2.21. The van der Waals surface area contributed by atoms with Gasteiger partial charge in [-0.1, -0.05) is 48.5 Å². The van der Waals surface area contributed by atoms with E-state index in [1.807, 2.05) is 12.1 Å². The number of carboxylic acids is 1. The summed E-state index contributed by atoms with van der Waals surface area (Å²) in [6.07, 6.45) is 1.57. The van der Waals surface area contributed by atoms with E-state index in [1.165, 1.54) is 12.1 Å². The molecule has 0 aliphatic carbocycles. The van der Waals surface area contributed by atoms with E-state index in [0.29, 0.717) is 11.4 Å². The molecule has 174 valence electrons. The van der Waals surface area contributed by atoms with E-state index >= 15 is 0 Å². The van der Waals surface area contributed by atoms with Gasteiger partial charge in [-0.3, -0.25) is 4.79 Å². The fourth-order valence-electron chi connectivity index (χ4n) is 3.64. The minimum Gasteiger partial charge on any atom is -0.480 e. The number of aliphatic carboxylic acids is 1. The van der Waals surface area contributed by atoms with Gasteiger partial charge in [0.1, 0.15) is 11.9 Å². The molecule has 0 aliphatic rings. The number of carbonyl (C=O) groups is 2. The number of pyridine rings is 1. The van der Waals surface area contributed by atoms with Crippen molar-refractivity contribution in [3.63, 3.8) is 0 Å². The van der Waals surface area contributed by atoms with Crippen LogP contribution in [0.3, 0.4) is 0 Å². The maximum Gasteiger partial charge on any atom is 0.326 e. The molecule has 0 bridgehead atoms. The Balaban J connectivity index is 1.42. The number of aromatic nitrogens is 1. The number of carboxylic acid groups (broad SMARTS) is 1. The molecule has 10 heteroatoms. The number of nitrogens with one attached hydrogen (secondary N) is 2. The van der Waals surface area contributed by atoms with Crippen molar-refractivity contribution >= 4 is 49.3 Å². The van der Waals surface area contributed by atoms with Crippen molar-refractivity contribution in [2.45, 2.75) is 17.4 Å². The molecule has 0 saturated heterocycles. The van der Waals surface area contributed by atoms with Gasteiger partial charge in [0.2, 0.25) is 15.9 Å². The van der Waals surface area contributed by atoms with Crippen molar-refractivity contribution in [1.29, 1.82) is 0 Å². The third kappa shape index (κ3) is 5.13. The molecule has 0 spiro atoms. The second kappa shape index (κ2) is 9.46. The van der Waals surface area contributed by atoms with Gasteiger partial charge in [-0.15, -0.1) is 0 Å². The van der Waals surface area contributed by atoms with Crippen LogP contribution in [-0.4, -0.2) is 43.0 Å². The number of benzene rings is 3. The minimum absolute atomic E-state index is 0.0106. The molecule has 1 amide bonds. The normalized spacial score (nSPS) is 12.5. The van der Waals surface area contributed by atoms with Gasteiger partial charge in [-0.25, -0.2) is 22.9 Å². The Labute approximate surface area is 195 Å². The van der Waals surface area contributed by atoms with Crippen LogP contribution in [0.5, 0.6) is 0 Å². The highest BCUT2D eigenvalue weighted by Gasteiger charge is 2.22. The fraction of sp³-hybridized carbons (Fsp3) is 0.125. The van der Waals surface area contributed by atoms with Crippen molar-refractivity contribution in [1.82, 2.24) is 15.0 Å². The Kier molecular flexibility index (Phi) is 6.44. The third-order valence-electron chi connectivity index (χ3n) is 5.39. The van der Waals surface area contributed by atoms with Gasteiger partial charge in [0.25, 0.3) is 0 Å². The number of hydrogen-bond donors (Lipinski definition) is 4. The maximum atomic E-state index is 12.6. The first-order valence-corrected chi connectivity index (χ1v) is 11.8. The van der Waals surface area contributed by atoms with Gasteiger partial charge in [-0.2, -0.15) is 0 Å². The summed E-state index contributed by atoms with van der Waals surface area (Å²) in [6, 6.07) is 17.7. The summed E-state index contributed by atoms with van der Waals surface area (Å²) in [7, 11) is -3.97. The van der Waals surface area contributed by atoms with Crippen LogP contribution in [0.1, 0.15) is 5.56 Å². The first-order valence-electron chi connectivity index (χ1n) is 10.4. The predicted molar refractivity (Wildman–Crippen MR) is 129 cm³/mol. The van der Waals surface area contributed by atoms with Gasteiger partial charge in [-0.05, 0) is 39.9 Å². The summed E-state index contributed by atoms with van der Waals surface area (Å²) in [5, 5.41) is 15.1. The highest BCUT2D eigenvalue weighted by atomic mass is 32.2. The summed E-state index contributed by atoms with van der Waals surface area (Å²) in [5.74, 6) is -1.63. The van der Waals surface area contributed by atoms with Crippen molar-refractivity contribution in [2.75, 3.05) is 12.3 Å². The molecule has 1 heterocycles. The summed E-state index contributed by atoms with van der Waals surface area (Å²) in [6.45, 7) is -0.598. The molecule has 4 rings (SSSR count). The van der Waals surface area contributed by atoms with E-state index < -0.39 is 34.5 Å². The largest absolute Gasteiger partial charge is 0.480 e. The Morgan fingerprint density at radius 3 is 2.50 bits per heavy atom. The number of sulfonamides is 1. The van der Waals surface area contributed by atoms with Crippen LogP contribution in [0.25, 0.3) is 21.5 Å². The number of hydrogen-bond acceptors (Lipinski definition) is 6. The average molecular weight is 479 g/mol. The zero-order chi connectivity index (χ0) is 24.3. The van der Waals surface area contributed by atoms with E-state index in [1.54, 1.807) is 48.7 Å². The molecule has 34 heavy (non-hydrogen) atoms. The Morgan fingerprint density at radius 2 is 1.74 bits per heavy atom. The molecule has 1 atom stereocenters. The zero-order valence-electron chi connectivity index (χ0n) is 17.9. The number of nitrogen functional groups attached to an aromatic ring is 1. The van der Waals surface area contributed by atoms with Gasteiger partial charge in [0.15, 0.2) is 0 Å². The van der Waals surface area contributed by atoms with Crippen LogP contribution in [-0.2, 0) is 26.0 Å². The molecule has 5 N–H and O–H groups in total. The summed E-state index contributed by atoms with van der Waals surface area (Å²) in [5.41, 5.74) is 6.51. The van der Waals surface area contributed by atoms with E-state index in [4.69, 9.17) is 5.73 Å². The van der Waals surface area contributed by atoms with E-state index in [0.717, 1.165) is 21.5 Å². The standard InChI is InChI=1S/C24H22N4O5S/c25-23-20-8-5-15(11-18(20)9-10-26-23)12-21(24(30)31)28-22(29)14-27-34(32,33)19-7-6-16-3-1-2-4-17(16)13-19/h1-11,13,21,27H,12,14H2,(H2,25,26)(H,28,29)(H,30,31). The van der Waals surface area contributed by atoms with Crippen molar-refractivity contribution < 1.29 is 23.1 Å². The molecule has 0 saturated carbocycles. The zero-order valence-corrected chi connectivity index (χ0v) is 18.7. The van der Waals surface area contributed by atoms with Crippen molar-refractivity contribution in [3.8, 4) is 0 Å². The number of amides is 1. The molecule has 9 nitrogen and oxygen atoms in total. The van der Waals surface area contributed by atoms with E-state index in [-0.39, 0.29) is 11.3 Å². The van der Waals surface area contributed by atoms with Crippen LogP contribution >= 0.6 is 0 Å². The Bertz CT molecular complexity index is 1500. The molecule has 1 unspecified atom stereocenters. The van der Waals surface area contributed by atoms with Crippen LogP contribution in [0.2, 0.25) is 0 Å². The van der Waals surface area contributed by atoms with Gasteiger partial charge in [0, 0.05) is 18.0 Å². The Hall–Kier alpha value is -4.02. The minimum atomic E-state index is -3.97. The smallest absolute Gasteiger partial charge is 0.326 e. The summed E-state index contributed by atoms with van der Waals surface area (Å²) >= 11 is 0. The predicted octanol–water partition coefficient (Wildman–Crippen LogP) is 2.06. The van der Waals surface area contributed by atoms with Crippen molar-refractivity contribution in [2.24, 2.45) is 0 Å². The number of anilines is 1. The second-order valence-corrected chi connectivity index (χ2v) is 9.51. The van der Waals surface area contributed by atoms with Crippen LogP contribution in [0.15, 0.2) is 77.8 Å². The first kappa shape index (κ1) is 23.1. The lowest BCUT2D eigenvalue weighted by molar-refractivity contribution is -0.141. The topological polar surface area (TPSA) is 151 Å². The number of rotatable bonds is 8. The average Bonchev–Trinajstić information content (AvgIpc) is 2.82. The lowest BCUT2D eigenvalue weighted by Gasteiger charge is -2.16. The first-order chi connectivity index (χ1) is 16.2. The maximum absolute atomic E-state index is 12.6. The van der Waals surface area contributed by atoms with Crippen LogP contribution < -0.4 is 15.8 Å². The monoisotopic (exact) mass is 478 g/mol. The highest BCUT2D eigenvalue weighted by molar-refractivity contribution is 7.89. The molecule has 4 aromatic rings. The van der Waals surface area contributed by atoms with Crippen molar-refractivity contribution in [3.05, 3.63) is 78.5 Å². The molecular weight excluding hydrogens is 456 g/mol. The number of fused-ring (bicyclic) bond motifs is 2. The van der Waals surface area contributed by atoms with E-state index in [2.05, 4.69) is 15.0 Å². The molecule has 3 aromatic carbocycles. The van der Waals surface area contributed by atoms with Gasteiger partial charge >= 0.3 is 5.97 Å². The lowest BCUT2D eigenvalue weighted by atomic mass is 10.0. The number of nitrogens with two attached hydrogens (primary N) is 1. The van der Waals surface area contributed by atoms with Crippen LogP contribution in [0, 0.1) is 0 Å². The lowest BCUT2D eigenvalue weighted by Crippen LogP contribution is -2.46. The van der Waals surface area contributed by atoms with Gasteiger partial charge < -0.3 is 16.2 Å². The number of carbonyl (C=O) groups excluding carboxylic acids is 1. The number of nitrogens with zero attached hydrogens (tertiary/aromatic N) is 1. The quantitative estimate of drug-likeness (QED) is 0.302. The second-order valence-electron chi connectivity index (χ2n) is 7.75. The third-order valence-corrected chi connectivity index (χ3v) is 6.79. The SMILES string of the molecule is Nc1nccc2cc(CC(NC(=O)CNS(=O)(=O)c3ccc4ccccc4c3)C(=O)O)ccc12. The summed E-state index contributed by atoms with van der Waals surface area (Å²) < 4.78 is 27.5. The van der Waals surface area contributed by atoms with Crippen LogP contribution in [0.4, 0.5) is 5.82 Å². The molecule has 0 aliphatic heterocycles. The molecule has 0 radical (unpaired) electrons. The molecular formula is C24H22N4O5S.